The van der Waals surface area contributed by atoms with Crippen molar-refractivity contribution < 1.29 is 37.1 Å². The third kappa shape index (κ3) is 15.6. The summed E-state index contributed by atoms with van der Waals surface area (Å²) in [4.78, 5) is 49.7. The molecule has 64 heavy (non-hydrogen) atoms. The molecule has 0 fully saturated rings. The van der Waals surface area contributed by atoms with E-state index < -0.39 is 34.0 Å². The quantitative estimate of drug-likeness (QED) is 0.0455. The van der Waals surface area contributed by atoms with Gasteiger partial charge in [-0.15, -0.1) is 0 Å². The highest BCUT2D eigenvalue weighted by Gasteiger charge is 2.29. The summed E-state index contributed by atoms with van der Waals surface area (Å²) in [6.45, 7) is 3.78. The number of aromatic amines is 2. The summed E-state index contributed by atoms with van der Waals surface area (Å²) < 4.78 is 36.2. The van der Waals surface area contributed by atoms with Crippen LogP contribution in [-0.4, -0.2) is 94.3 Å². The Bertz CT molecular complexity index is 2470. The number of benzene rings is 4. The van der Waals surface area contributed by atoms with E-state index in [2.05, 4.69) is 59.8 Å². The molecule has 2 heterocycles. The molecule has 4 aromatic carbocycles. The van der Waals surface area contributed by atoms with Crippen molar-refractivity contribution in [3.8, 4) is 22.3 Å². The number of ketones is 2. The van der Waals surface area contributed by atoms with E-state index >= 15 is 0 Å². The minimum Gasteiger partial charge on any atom is -0.465 e. The van der Waals surface area contributed by atoms with E-state index in [1.54, 1.807) is 13.8 Å². The third-order valence-electron chi connectivity index (χ3n) is 10.2. The summed E-state index contributed by atoms with van der Waals surface area (Å²) in [7, 11) is -3.68. The molecule has 16 nitrogen and oxygen atoms in total. The van der Waals surface area contributed by atoms with Gasteiger partial charge in [-0.05, 0) is 84.7 Å². The van der Waals surface area contributed by atoms with Crippen LogP contribution in [0.5, 0.6) is 0 Å². The average molecular weight is 891 g/mol. The molecule has 0 bridgehead atoms. The van der Waals surface area contributed by atoms with Gasteiger partial charge in [-0.1, -0.05) is 109 Å². The summed E-state index contributed by atoms with van der Waals surface area (Å²) in [5.74, 6) is -1.99. The van der Waals surface area contributed by atoms with Crippen LogP contribution in [0.15, 0.2) is 122 Å². The molecule has 6 rings (SSSR count). The SMILES string of the molecule is CCOC(=O)[C@@H](C[C@H](CC(=O)c1cn[nH]n1)Cc1ccc(-c2ccccc2)cc1)NS(C)(=O)=O.CCOC(=O)[C@H](N)C[C@H](CC(=O)c1cn[nH]n1)Cc1ccc(-c2ccccc2)cc1. The number of H-pyrrole nitrogens is 2. The molecule has 0 aliphatic carbocycles. The van der Waals surface area contributed by atoms with Crippen molar-refractivity contribution in [1.29, 1.82) is 0 Å². The molecule has 0 aliphatic heterocycles. The van der Waals surface area contributed by atoms with Gasteiger partial charge in [0.15, 0.2) is 11.6 Å². The Morgan fingerprint density at radius 3 is 1.41 bits per heavy atom. The van der Waals surface area contributed by atoms with Crippen LogP contribution in [0.1, 0.15) is 71.6 Å². The first-order valence-corrected chi connectivity index (χ1v) is 22.8. The van der Waals surface area contributed by atoms with Crippen LogP contribution in [0.2, 0.25) is 0 Å². The average Bonchev–Trinajstić information content (AvgIpc) is 4.04. The van der Waals surface area contributed by atoms with Gasteiger partial charge in [0.1, 0.15) is 23.5 Å². The molecule has 0 amide bonds. The zero-order valence-corrected chi connectivity index (χ0v) is 36.9. The Kier molecular flexibility index (Phi) is 18.3. The monoisotopic (exact) mass is 890 g/mol. The number of nitrogens with zero attached hydrogens (tertiary/aromatic N) is 4. The number of aromatic nitrogens is 6. The number of Topliss-reactive ketones (excluding diaryl/α,β-unsaturated/α-hetero) is 2. The third-order valence-corrected chi connectivity index (χ3v) is 10.9. The van der Waals surface area contributed by atoms with Crippen LogP contribution < -0.4 is 10.5 Å². The van der Waals surface area contributed by atoms with Gasteiger partial charge < -0.3 is 15.2 Å². The van der Waals surface area contributed by atoms with Crippen molar-refractivity contribution in [1.82, 2.24) is 35.5 Å². The molecule has 6 aromatic rings. The first kappa shape index (κ1) is 48.3. The van der Waals surface area contributed by atoms with Crippen molar-refractivity contribution in [3.63, 3.8) is 0 Å². The standard InChI is InChI=1S/C24H28N4O5S.C23H26N4O3/c1-3-33-24(30)21(27-34(2,31)32)14-18(15-23(29)22-16-25-28-26-22)13-17-9-11-20(12-10-17)19-7-5-4-6-8-19;1-2-30-23(29)20(24)13-17(14-22(28)21-15-25-27-26-21)12-16-8-10-19(11-9-16)18-6-4-3-5-7-18/h4-12,16,18,21,27H,3,13-15H2,1-2H3,(H,25,26,28);3-11,15,17,20H,2,12-14,24H2,1H3,(H,25,26,27)/t18-,21-;17-,20-/m11/s1. The lowest BCUT2D eigenvalue weighted by molar-refractivity contribution is -0.146. The highest BCUT2D eigenvalue weighted by Crippen LogP contribution is 2.26. The van der Waals surface area contributed by atoms with Gasteiger partial charge in [0.2, 0.25) is 10.0 Å². The minimum atomic E-state index is -3.68. The fourth-order valence-corrected chi connectivity index (χ4v) is 7.92. The number of hydrogen-bond acceptors (Lipinski definition) is 13. The molecular weight excluding hydrogens is 837 g/mol. The number of rotatable bonds is 22. The molecular formula is C47H54N8O8S. The van der Waals surface area contributed by atoms with Gasteiger partial charge in [0.05, 0.1) is 31.9 Å². The first-order chi connectivity index (χ1) is 30.8. The maximum Gasteiger partial charge on any atom is 0.324 e. The number of nitrogens with one attached hydrogen (secondary N) is 3. The Balaban J connectivity index is 0.000000243. The molecule has 0 saturated carbocycles. The second-order valence-electron chi connectivity index (χ2n) is 15.3. The summed E-state index contributed by atoms with van der Waals surface area (Å²) in [6, 6.07) is 34.4. The van der Waals surface area contributed by atoms with Crippen molar-refractivity contribution >= 4 is 33.5 Å². The lowest BCUT2D eigenvalue weighted by Gasteiger charge is -2.22. The van der Waals surface area contributed by atoms with E-state index in [1.807, 2.05) is 84.9 Å². The van der Waals surface area contributed by atoms with Crippen molar-refractivity contribution in [2.75, 3.05) is 19.5 Å². The Labute approximate surface area is 372 Å². The van der Waals surface area contributed by atoms with Gasteiger partial charge in [-0.2, -0.15) is 30.8 Å². The summed E-state index contributed by atoms with van der Waals surface area (Å²) >= 11 is 0. The van der Waals surface area contributed by atoms with Crippen LogP contribution in [0.3, 0.4) is 0 Å². The molecule has 0 aliphatic rings. The maximum absolute atomic E-state index is 12.7. The minimum absolute atomic E-state index is 0.0638. The molecule has 336 valence electrons. The summed E-state index contributed by atoms with van der Waals surface area (Å²) in [5, 5.41) is 19.9. The van der Waals surface area contributed by atoms with E-state index in [0.717, 1.165) is 39.6 Å². The van der Waals surface area contributed by atoms with Gasteiger partial charge in [-0.25, -0.2) is 13.1 Å². The van der Waals surface area contributed by atoms with Crippen LogP contribution in [0.25, 0.3) is 22.3 Å². The van der Waals surface area contributed by atoms with Crippen LogP contribution in [0.4, 0.5) is 0 Å². The first-order valence-electron chi connectivity index (χ1n) is 20.9. The number of hydrogen-bond donors (Lipinski definition) is 4. The number of sulfonamides is 1. The van der Waals surface area contributed by atoms with Crippen molar-refractivity contribution in [2.45, 2.75) is 64.5 Å². The van der Waals surface area contributed by atoms with E-state index in [4.69, 9.17) is 15.2 Å². The molecule has 5 N–H and O–H groups in total. The number of carbonyl (C=O) groups is 4. The summed E-state index contributed by atoms with van der Waals surface area (Å²) in [6.07, 6.45) is 5.53. The highest BCUT2D eigenvalue weighted by atomic mass is 32.2. The van der Waals surface area contributed by atoms with Crippen molar-refractivity contribution in [2.24, 2.45) is 17.6 Å². The second-order valence-corrected chi connectivity index (χ2v) is 17.0. The molecule has 0 saturated heterocycles. The molecule has 0 radical (unpaired) electrons. The van der Waals surface area contributed by atoms with Gasteiger partial charge in [0.25, 0.3) is 0 Å². The van der Waals surface area contributed by atoms with E-state index in [0.29, 0.717) is 19.3 Å². The molecule has 2 aromatic heterocycles. The largest absolute Gasteiger partial charge is 0.465 e. The van der Waals surface area contributed by atoms with E-state index in [1.165, 1.54) is 12.4 Å². The lowest BCUT2D eigenvalue weighted by Crippen LogP contribution is -2.43. The fraction of sp³-hybridized carbons (Fsp3) is 0.319. The lowest BCUT2D eigenvalue weighted by atomic mass is 9.87. The molecule has 0 spiro atoms. The Morgan fingerprint density at radius 1 is 0.609 bits per heavy atom. The predicted molar refractivity (Wildman–Crippen MR) is 241 cm³/mol. The Hall–Kier alpha value is -6.69. The smallest absolute Gasteiger partial charge is 0.324 e. The van der Waals surface area contributed by atoms with Gasteiger partial charge in [0, 0.05) is 12.8 Å². The zero-order valence-electron chi connectivity index (χ0n) is 36.1. The van der Waals surface area contributed by atoms with Gasteiger partial charge in [-0.3, -0.25) is 19.2 Å². The fourth-order valence-electron chi connectivity index (χ4n) is 7.21. The normalized spacial score (nSPS) is 13.1. The van der Waals surface area contributed by atoms with Crippen LogP contribution in [-0.2, 0) is 41.9 Å². The summed E-state index contributed by atoms with van der Waals surface area (Å²) in [5.41, 5.74) is 12.9. The molecule has 0 unspecified atom stereocenters. The topological polar surface area (TPSA) is 242 Å². The number of ether oxygens (including phenoxy) is 2. The van der Waals surface area contributed by atoms with E-state index in [-0.39, 0.29) is 67.3 Å². The molecule has 17 heteroatoms. The number of esters is 2. The van der Waals surface area contributed by atoms with Gasteiger partial charge >= 0.3 is 11.9 Å². The number of carbonyl (C=O) groups excluding carboxylic acids is 4. The highest BCUT2D eigenvalue weighted by molar-refractivity contribution is 7.88. The van der Waals surface area contributed by atoms with E-state index in [9.17, 15) is 27.6 Å². The van der Waals surface area contributed by atoms with Crippen LogP contribution >= 0.6 is 0 Å². The Morgan fingerprint density at radius 2 is 1.02 bits per heavy atom. The van der Waals surface area contributed by atoms with Crippen molar-refractivity contribution in [3.05, 3.63) is 144 Å². The maximum atomic E-state index is 12.7. The van der Waals surface area contributed by atoms with Crippen LogP contribution in [0, 0.1) is 11.8 Å². The predicted octanol–water partition coefficient (Wildman–Crippen LogP) is 5.96. The second kappa shape index (κ2) is 24.2. The number of nitrogens with two attached hydrogens (primary N) is 1. The molecule has 4 atom stereocenters. The zero-order chi connectivity index (χ0) is 45.9.